The van der Waals surface area contributed by atoms with Crippen molar-refractivity contribution in [2.75, 3.05) is 44.9 Å². The summed E-state index contributed by atoms with van der Waals surface area (Å²) >= 11 is 5.85. The Kier molecular flexibility index (Phi) is 6.18. The van der Waals surface area contributed by atoms with Crippen molar-refractivity contribution in [3.63, 3.8) is 0 Å². The average molecular weight is 327 g/mol. The summed E-state index contributed by atoms with van der Waals surface area (Å²) in [7, 11) is 1.66. The first-order valence-electron chi connectivity index (χ1n) is 7.26. The molecule has 1 aliphatic heterocycles. The molecule has 1 aromatic rings. The minimum atomic E-state index is -0.0740. The molecule has 0 aliphatic carbocycles. The first-order valence-corrected chi connectivity index (χ1v) is 7.64. The van der Waals surface area contributed by atoms with Gasteiger partial charge in [0.05, 0.1) is 13.2 Å². The SMILES string of the molecule is COCCC[NH2+]CC(=O)N1CC(=O)N(c2ccc(Cl)cc2)C1. The molecular formula is C15H21ClN3O3+. The van der Waals surface area contributed by atoms with Crippen molar-refractivity contribution < 1.29 is 19.6 Å². The van der Waals surface area contributed by atoms with Gasteiger partial charge in [-0.2, -0.15) is 0 Å². The highest BCUT2D eigenvalue weighted by molar-refractivity contribution is 6.30. The predicted molar refractivity (Wildman–Crippen MR) is 83.7 cm³/mol. The van der Waals surface area contributed by atoms with Crippen LogP contribution in [0.25, 0.3) is 0 Å². The van der Waals surface area contributed by atoms with Crippen molar-refractivity contribution in [3.8, 4) is 0 Å². The molecule has 2 N–H and O–H groups in total. The van der Waals surface area contributed by atoms with E-state index in [4.69, 9.17) is 16.3 Å². The maximum absolute atomic E-state index is 12.1. The van der Waals surface area contributed by atoms with E-state index in [1.54, 1.807) is 41.2 Å². The Labute approximate surface area is 135 Å². The zero-order chi connectivity index (χ0) is 15.9. The number of amides is 2. The minimum absolute atomic E-state index is 0.0257. The molecule has 2 amide bonds. The Morgan fingerprint density at radius 3 is 2.77 bits per heavy atom. The van der Waals surface area contributed by atoms with Crippen LogP contribution in [-0.2, 0) is 14.3 Å². The van der Waals surface area contributed by atoms with Gasteiger partial charge in [-0.05, 0) is 24.3 Å². The number of halogens is 1. The maximum atomic E-state index is 12.1. The van der Waals surface area contributed by atoms with Crippen molar-refractivity contribution in [2.45, 2.75) is 6.42 Å². The number of hydrogen-bond acceptors (Lipinski definition) is 3. The monoisotopic (exact) mass is 326 g/mol. The first-order chi connectivity index (χ1) is 10.6. The zero-order valence-corrected chi connectivity index (χ0v) is 13.4. The maximum Gasteiger partial charge on any atom is 0.279 e. The molecule has 0 atom stereocenters. The summed E-state index contributed by atoms with van der Waals surface area (Å²) in [4.78, 5) is 27.3. The number of carbonyl (C=O) groups excluding carboxylic acids is 2. The van der Waals surface area contributed by atoms with Crippen molar-refractivity contribution in [1.82, 2.24) is 4.90 Å². The van der Waals surface area contributed by atoms with Crippen LogP contribution in [0.15, 0.2) is 24.3 Å². The Morgan fingerprint density at radius 1 is 1.36 bits per heavy atom. The second-order valence-corrected chi connectivity index (χ2v) is 5.60. The van der Waals surface area contributed by atoms with Crippen LogP contribution in [-0.4, -0.2) is 56.7 Å². The van der Waals surface area contributed by atoms with Crippen LogP contribution >= 0.6 is 11.6 Å². The lowest BCUT2D eigenvalue weighted by atomic mass is 10.3. The Hall–Kier alpha value is -1.63. The van der Waals surface area contributed by atoms with Crippen LogP contribution in [0.1, 0.15) is 6.42 Å². The molecule has 1 aromatic carbocycles. The van der Waals surface area contributed by atoms with E-state index in [0.717, 1.165) is 18.7 Å². The highest BCUT2D eigenvalue weighted by Crippen LogP contribution is 2.21. The summed E-state index contributed by atoms with van der Waals surface area (Å²) in [6.45, 7) is 2.31. The molecule has 7 heteroatoms. The molecule has 0 aromatic heterocycles. The van der Waals surface area contributed by atoms with E-state index in [-0.39, 0.29) is 18.4 Å². The molecule has 0 spiro atoms. The summed E-state index contributed by atoms with van der Waals surface area (Å²) in [5.41, 5.74) is 0.758. The number of methoxy groups -OCH3 is 1. The van der Waals surface area contributed by atoms with Crippen LogP contribution in [0, 0.1) is 0 Å². The summed E-state index contributed by atoms with van der Waals surface area (Å²) in [6, 6.07) is 7.03. The number of ether oxygens (including phenoxy) is 1. The van der Waals surface area contributed by atoms with E-state index >= 15 is 0 Å². The smallest absolute Gasteiger partial charge is 0.279 e. The van der Waals surface area contributed by atoms with Gasteiger partial charge in [-0.1, -0.05) is 11.6 Å². The normalized spacial score (nSPS) is 14.7. The lowest BCUT2D eigenvalue weighted by Crippen LogP contribution is -2.86. The van der Waals surface area contributed by atoms with Gasteiger partial charge < -0.3 is 15.0 Å². The number of anilines is 1. The van der Waals surface area contributed by atoms with E-state index < -0.39 is 0 Å². The molecule has 1 aliphatic rings. The second-order valence-electron chi connectivity index (χ2n) is 5.16. The fourth-order valence-corrected chi connectivity index (χ4v) is 2.41. The molecule has 22 heavy (non-hydrogen) atoms. The number of carbonyl (C=O) groups is 2. The lowest BCUT2D eigenvalue weighted by molar-refractivity contribution is -0.645. The summed E-state index contributed by atoms with van der Waals surface area (Å²) in [5.74, 6) is -0.0997. The molecule has 6 nitrogen and oxygen atoms in total. The van der Waals surface area contributed by atoms with Crippen molar-refractivity contribution >= 4 is 29.1 Å². The van der Waals surface area contributed by atoms with Gasteiger partial charge in [0.2, 0.25) is 5.91 Å². The number of quaternary nitrogens is 1. The van der Waals surface area contributed by atoms with Gasteiger partial charge >= 0.3 is 0 Å². The summed E-state index contributed by atoms with van der Waals surface area (Å²) in [6.07, 6.45) is 0.902. The summed E-state index contributed by atoms with van der Waals surface area (Å²) in [5, 5.41) is 2.56. The van der Waals surface area contributed by atoms with Gasteiger partial charge in [0, 0.05) is 24.2 Å². The quantitative estimate of drug-likeness (QED) is 0.721. The standard InChI is InChI=1S/C15H20ClN3O3/c1-22-8-2-7-17-9-14(20)18-10-15(21)19(11-18)13-5-3-12(16)4-6-13/h3-6,17H,2,7-11H2,1H3/p+1. The largest absolute Gasteiger partial charge is 0.384 e. The fraction of sp³-hybridized carbons (Fsp3) is 0.467. The summed E-state index contributed by atoms with van der Waals surface area (Å²) < 4.78 is 4.96. The predicted octanol–water partition coefficient (Wildman–Crippen LogP) is 0.0726. The molecule has 1 heterocycles. The second kappa shape index (κ2) is 8.12. The minimum Gasteiger partial charge on any atom is -0.384 e. The molecule has 1 fully saturated rings. The fourth-order valence-electron chi connectivity index (χ4n) is 2.29. The van der Waals surface area contributed by atoms with Gasteiger partial charge in [-0.25, -0.2) is 0 Å². The zero-order valence-electron chi connectivity index (χ0n) is 12.6. The third-order valence-corrected chi connectivity index (χ3v) is 3.76. The molecule has 2 rings (SSSR count). The van der Waals surface area contributed by atoms with Crippen LogP contribution in [0.2, 0.25) is 5.02 Å². The van der Waals surface area contributed by atoms with E-state index in [2.05, 4.69) is 0 Å². The van der Waals surface area contributed by atoms with E-state index in [1.807, 2.05) is 5.32 Å². The van der Waals surface area contributed by atoms with E-state index in [9.17, 15) is 9.59 Å². The van der Waals surface area contributed by atoms with Gasteiger partial charge in [0.25, 0.3) is 5.91 Å². The highest BCUT2D eigenvalue weighted by Gasteiger charge is 2.32. The molecular weight excluding hydrogens is 306 g/mol. The Bertz CT molecular complexity index is 521. The lowest BCUT2D eigenvalue weighted by Gasteiger charge is -2.17. The topological polar surface area (TPSA) is 66.5 Å². The third kappa shape index (κ3) is 4.43. The van der Waals surface area contributed by atoms with Gasteiger partial charge in [0.15, 0.2) is 6.54 Å². The Balaban J connectivity index is 1.83. The van der Waals surface area contributed by atoms with E-state index in [0.29, 0.717) is 24.8 Å². The van der Waals surface area contributed by atoms with Gasteiger partial charge in [-0.15, -0.1) is 0 Å². The van der Waals surface area contributed by atoms with Crippen LogP contribution in [0.3, 0.4) is 0 Å². The van der Waals surface area contributed by atoms with Crippen LogP contribution in [0.5, 0.6) is 0 Å². The molecule has 0 unspecified atom stereocenters. The first kappa shape index (κ1) is 16.7. The van der Waals surface area contributed by atoms with Gasteiger partial charge in [0.1, 0.15) is 13.2 Å². The van der Waals surface area contributed by atoms with Crippen molar-refractivity contribution in [1.29, 1.82) is 0 Å². The van der Waals surface area contributed by atoms with E-state index in [1.165, 1.54) is 0 Å². The molecule has 120 valence electrons. The van der Waals surface area contributed by atoms with Crippen molar-refractivity contribution in [3.05, 3.63) is 29.3 Å². The number of benzene rings is 1. The number of nitrogens with zero attached hydrogens (tertiary/aromatic N) is 2. The van der Waals surface area contributed by atoms with Gasteiger partial charge in [-0.3, -0.25) is 14.5 Å². The van der Waals surface area contributed by atoms with Crippen molar-refractivity contribution in [2.24, 2.45) is 0 Å². The highest BCUT2D eigenvalue weighted by atomic mass is 35.5. The Morgan fingerprint density at radius 2 is 2.09 bits per heavy atom. The number of hydrogen-bond donors (Lipinski definition) is 1. The molecule has 1 saturated heterocycles. The number of nitrogens with two attached hydrogens (primary N) is 1. The number of rotatable bonds is 7. The van der Waals surface area contributed by atoms with Crippen LogP contribution < -0.4 is 10.2 Å². The molecule has 0 saturated carbocycles. The average Bonchev–Trinajstić information content (AvgIpc) is 2.90. The van der Waals surface area contributed by atoms with Crippen LogP contribution in [0.4, 0.5) is 5.69 Å². The third-order valence-electron chi connectivity index (χ3n) is 3.51. The molecule has 0 bridgehead atoms. The molecule has 0 radical (unpaired) electrons.